The van der Waals surface area contributed by atoms with E-state index in [4.69, 9.17) is 4.74 Å². The van der Waals surface area contributed by atoms with Gasteiger partial charge in [-0.2, -0.15) is 0 Å². The van der Waals surface area contributed by atoms with E-state index >= 15 is 0 Å². The van der Waals surface area contributed by atoms with E-state index in [9.17, 15) is 0 Å². The van der Waals surface area contributed by atoms with Gasteiger partial charge >= 0.3 is 0 Å². The molecule has 0 saturated heterocycles. The summed E-state index contributed by atoms with van der Waals surface area (Å²) in [6, 6.07) is 6.26. The molecule has 0 aliphatic rings. The second kappa shape index (κ2) is 10.3. The smallest absolute Gasteiger partial charge is 0.190 e. The maximum Gasteiger partial charge on any atom is 0.190 e. The SMILES string of the molecule is CN=C(NCCCCn1cnnc1)NCCc1cc(C)ccc1OC. The molecule has 7 nitrogen and oxygen atoms in total. The van der Waals surface area contributed by atoms with Crippen LogP contribution in [-0.2, 0) is 13.0 Å². The Bertz CT molecular complexity index is 654. The second-order valence-corrected chi connectivity index (χ2v) is 5.90. The lowest BCUT2D eigenvalue weighted by molar-refractivity contribution is 0.409. The number of nitrogens with zero attached hydrogens (tertiary/aromatic N) is 4. The van der Waals surface area contributed by atoms with Crippen LogP contribution in [0.4, 0.5) is 0 Å². The van der Waals surface area contributed by atoms with Crippen molar-refractivity contribution in [1.82, 2.24) is 25.4 Å². The first-order valence-electron chi connectivity index (χ1n) is 8.63. The number of guanidine groups is 1. The lowest BCUT2D eigenvalue weighted by Gasteiger charge is -2.13. The Morgan fingerprint density at radius 2 is 1.92 bits per heavy atom. The molecule has 0 bridgehead atoms. The Balaban J connectivity index is 1.65. The molecule has 25 heavy (non-hydrogen) atoms. The van der Waals surface area contributed by atoms with Crippen LogP contribution in [0.3, 0.4) is 0 Å². The van der Waals surface area contributed by atoms with Gasteiger partial charge in [0.15, 0.2) is 5.96 Å². The molecule has 0 saturated carbocycles. The predicted octanol–water partition coefficient (Wildman–Crippen LogP) is 1.78. The van der Waals surface area contributed by atoms with Gasteiger partial charge in [-0.3, -0.25) is 4.99 Å². The molecule has 0 spiro atoms. The number of rotatable bonds is 9. The zero-order valence-electron chi connectivity index (χ0n) is 15.3. The van der Waals surface area contributed by atoms with Crippen LogP contribution in [0.25, 0.3) is 0 Å². The molecule has 2 rings (SSSR count). The summed E-state index contributed by atoms with van der Waals surface area (Å²) >= 11 is 0. The van der Waals surface area contributed by atoms with Crippen molar-refractivity contribution in [1.29, 1.82) is 0 Å². The van der Waals surface area contributed by atoms with Gasteiger partial charge in [0.25, 0.3) is 0 Å². The summed E-state index contributed by atoms with van der Waals surface area (Å²) in [5, 5.41) is 14.3. The predicted molar refractivity (Wildman–Crippen MR) is 100 cm³/mol. The van der Waals surface area contributed by atoms with Crippen LogP contribution in [0.1, 0.15) is 24.0 Å². The molecule has 0 radical (unpaired) electrons. The maximum absolute atomic E-state index is 5.42. The summed E-state index contributed by atoms with van der Waals surface area (Å²) < 4.78 is 7.41. The minimum absolute atomic E-state index is 0.806. The van der Waals surface area contributed by atoms with E-state index in [-0.39, 0.29) is 0 Å². The lowest BCUT2D eigenvalue weighted by atomic mass is 10.1. The number of hydrogen-bond donors (Lipinski definition) is 2. The number of methoxy groups -OCH3 is 1. The van der Waals surface area contributed by atoms with Gasteiger partial charge in [0, 0.05) is 26.7 Å². The Morgan fingerprint density at radius 3 is 2.64 bits per heavy atom. The summed E-state index contributed by atoms with van der Waals surface area (Å²) in [5.74, 6) is 1.76. The quantitative estimate of drug-likeness (QED) is 0.412. The molecule has 0 atom stereocenters. The number of unbranched alkanes of at least 4 members (excludes halogenated alkanes) is 1. The fraction of sp³-hybridized carbons (Fsp3) is 0.500. The van der Waals surface area contributed by atoms with Crippen LogP contribution < -0.4 is 15.4 Å². The summed E-state index contributed by atoms with van der Waals surface area (Å²) in [5.41, 5.74) is 2.45. The van der Waals surface area contributed by atoms with Gasteiger partial charge in [-0.1, -0.05) is 17.7 Å². The average molecular weight is 344 g/mol. The van der Waals surface area contributed by atoms with Gasteiger partial charge in [0.1, 0.15) is 18.4 Å². The number of aryl methyl sites for hydroxylation is 2. The van der Waals surface area contributed by atoms with Crippen LogP contribution >= 0.6 is 0 Å². The van der Waals surface area contributed by atoms with Crippen molar-refractivity contribution in [2.45, 2.75) is 32.7 Å². The first-order valence-corrected chi connectivity index (χ1v) is 8.63. The van der Waals surface area contributed by atoms with Crippen molar-refractivity contribution in [3.05, 3.63) is 42.0 Å². The molecule has 2 aromatic rings. The number of hydrogen-bond acceptors (Lipinski definition) is 4. The molecule has 0 aliphatic heterocycles. The standard InChI is InChI=1S/C18H28N6O/c1-15-6-7-17(25-3)16(12-15)8-10-21-18(19-2)20-9-4-5-11-24-13-22-23-14-24/h6-7,12-14H,4-5,8-11H2,1-3H3,(H2,19,20,21). The molecule has 0 amide bonds. The van der Waals surface area contributed by atoms with E-state index in [2.05, 4.69) is 44.9 Å². The van der Waals surface area contributed by atoms with Crippen LogP contribution in [0.2, 0.25) is 0 Å². The van der Waals surface area contributed by atoms with E-state index in [0.29, 0.717) is 0 Å². The highest BCUT2D eigenvalue weighted by molar-refractivity contribution is 5.79. The minimum atomic E-state index is 0.806. The number of aliphatic imine (C=N–C) groups is 1. The molecule has 1 heterocycles. The first-order chi connectivity index (χ1) is 12.2. The lowest BCUT2D eigenvalue weighted by Crippen LogP contribution is -2.38. The van der Waals surface area contributed by atoms with Crippen LogP contribution in [-0.4, -0.2) is 48.0 Å². The molecule has 1 aromatic heterocycles. The largest absolute Gasteiger partial charge is 0.496 e. The zero-order valence-corrected chi connectivity index (χ0v) is 15.3. The molecule has 0 fully saturated rings. The average Bonchev–Trinajstić information content (AvgIpc) is 3.13. The first kappa shape index (κ1) is 18.8. The van der Waals surface area contributed by atoms with Gasteiger partial charge in [0.05, 0.1) is 7.11 Å². The normalized spacial score (nSPS) is 11.4. The van der Waals surface area contributed by atoms with Crippen LogP contribution in [0.5, 0.6) is 5.75 Å². The van der Waals surface area contributed by atoms with Crippen molar-refractivity contribution in [3.63, 3.8) is 0 Å². The number of ether oxygens (including phenoxy) is 1. The van der Waals surface area contributed by atoms with Crippen molar-refractivity contribution in [2.24, 2.45) is 4.99 Å². The van der Waals surface area contributed by atoms with Gasteiger partial charge in [-0.15, -0.1) is 10.2 Å². The molecule has 7 heteroatoms. The molecule has 136 valence electrons. The number of nitrogens with one attached hydrogen (secondary N) is 2. The number of benzene rings is 1. The maximum atomic E-state index is 5.42. The van der Waals surface area contributed by atoms with E-state index < -0.39 is 0 Å². The highest BCUT2D eigenvalue weighted by Gasteiger charge is 2.04. The molecule has 0 unspecified atom stereocenters. The van der Waals surface area contributed by atoms with Crippen molar-refractivity contribution in [2.75, 3.05) is 27.2 Å². The van der Waals surface area contributed by atoms with Gasteiger partial charge in [0.2, 0.25) is 0 Å². The van der Waals surface area contributed by atoms with Crippen molar-refractivity contribution in [3.8, 4) is 5.75 Å². The summed E-state index contributed by atoms with van der Waals surface area (Å²) in [4.78, 5) is 4.26. The monoisotopic (exact) mass is 344 g/mol. The topological polar surface area (TPSA) is 76.4 Å². The van der Waals surface area contributed by atoms with Crippen LogP contribution in [0.15, 0.2) is 35.8 Å². The Morgan fingerprint density at radius 1 is 1.16 bits per heavy atom. The van der Waals surface area contributed by atoms with E-state index in [1.165, 1.54) is 11.1 Å². The third-order valence-electron chi connectivity index (χ3n) is 3.95. The summed E-state index contributed by atoms with van der Waals surface area (Å²) in [7, 11) is 3.50. The minimum Gasteiger partial charge on any atom is -0.496 e. The van der Waals surface area contributed by atoms with E-state index in [0.717, 1.165) is 50.6 Å². The Labute approximate surface area is 149 Å². The molecule has 2 N–H and O–H groups in total. The van der Waals surface area contributed by atoms with Crippen LogP contribution in [0, 0.1) is 6.92 Å². The van der Waals surface area contributed by atoms with E-state index in [1.54, 1.807) is 26.8 Å². The highest BCUT2D eigenvalue weighted by Crippen LogP contribution is 2.19. The Kier molecular flexibility index (Phi) is 7.75. The third-order valence-corrected chi connectivity index (χ3v) is 3.95. The fourth-order valence-electron chi connectivity index (χ4n) is 2.60. The molecule has 0 aliphatic carbocycles. The zero-order chi connectivity index (χ0) is 17.9. The fourth-order valence-corrected chi connectivity index (χ4v) is 2.60. The Hall–Kier alpha value is -2.57. The highest BCUT2D eigenvalue weighted by atomic mass is 16.5. The van der Waals surface area contributed by atoms with Crippen molar-refractivity contribution < 1.29 is 4.74 Å². The molecular formula is C18H28N6O. The van der Waals surface area contributed by atoms with Gasteiger partial charge < -0.3 is 19.9 Å². The van der Waals surface area contributed by atoms with E-state index in [1.807, 2.05) is 10.6 Å². The second-order valence-electron chi connectivity index (χ2n) is 5.90. The third kappa shape index (κ3) is 6.45. The number of aromatic nitrogens is 3. The molecular weight excluding hydrogens is 316 g/mol. The molecule has 1 aromatic carbocycles. The summed E-state index contributed by atoms with van der Waals surface area (Å²) in [6.45, 7) is 4.72. The van der Waals surface area contributed by atoms with Gasteiger partial charge in [-0.25, -0.2) is 0 Å². The van der Waals surface area contributed by atoms with Crippen molar-refractivity contribution >= 4 is 5.96 Å². The summed E-state index contributed by atoms with van der Waals surface area (Å²) in [6.07, 6.45) is 6.51. The van der Waals surface area contributed by atoms with Gasteiger partial charge in [-0.05, 0) is 37.8 Å².